The molecule has 0 aliphatic rings. The number of pyridine rings is 1. The van der Waals surface area contributed by atoms with Crippen molar-refractivity contribution in [3.8, 4) is 0 Å². The van der Waals surface area contributed by atoms with Gasteiger partial charge in [-0.2, -0.15) is 13.2 Å². The number of aromatic nitrogens is 2. The van der Waals surface area contributed by atoms with Crippen LogP contribution in [-0.2, 0) is 6.18 Å². The second kappa shape index (κ2) is 3.19. The molecule has 1 N–H and O–H groups in total. The summed E-state index contributed by atoms with van der Waals surface area (Å²) < 4.78 is 37.0. The predicted octanol–water partition coefficient (Wildman–Crippen LogP) is 2.49. The highest BCUT2D eigenvalue weighted by Gasteiger charge is 2.32. The molecule has 2 rings (SSSR count). The number of H-pyrrole nitrogens is 1. The molecule has 0 amide bonds. The summed E-state index contributed by atoms with van der Waals surface area (Å²) in [5.41, 5.74) is -1.38. The summed E-state index contributed by atoms with van der Waals surface area (Å²) in [6, 6.07) is 0.705. The molecule has 84 valence electrons. The van der Waals surface area contributed by atoms with Crippen LogP contribution >= 0.6 is 0 Å². The number of halogens is 3. The monoisotopic (exact) mass is 231 g/mol. The van der Waals surface area contributed by atoms with E-state index in [2.05, 4.69) is 9.97 Å². The lowest BCUT2D eigenvalue weighted by Crippen LogP contribution is -2.05. The molecule has 16 heavy (non-hydrogen) atoms. The number of nitrogens with one attached hydrogen (secondary N) is 1. The van der Waals surface area contributed by atoms with Crippen molar-refractivity contribution in [1.82, 2.24) is 9.97 Å². The van der Waals surface area contributed by atoms with Gasteiger partial charge in [-0.05, 0) is 6.07 Å². The van der Waals surface area contributed by atoms with E-state index in [0.717, 1.165) is 6.20 Å². The molecule has 0 atom stereocenters. The van der Waals surface area contributed by atoms with Crippen molar-refractivity contribution in [3.63, 3.8) is 0 Å². The zero-order valence-electron chi connectivity index (χ0n) is 7.58. The summed E-state index contributed by atoms with van der Waals surface area (Å²) in [5.74, 6) is 0. The summed E-state index contributed by atoms with van der Waals surface area (Å²) in [7, 11) is 0. The molecular weight excluding hydrogens is 227 g/mol. The fraction of sp³-hybridized carbons (Fsp3) is 0.125. The van der Waals surface area contributed by atoms with Gasteiger partial charge in [-0.25, -0.2) is 4.98 Å². The third-order valence-corrected chi connectivity index (χ3v) is 2.03. The molecule has 0 spiro atoms. The van der Waals surface area contributed by atoms with Gasteiger partial charge in [0, 0.05) is 6.20 Å². The maximum Gasteiger partial charge on any atom is 0.417 e. The van der Waals surface area contributed by atoms with Crippen LogP contribution in [-0.4, -0.2) is 14.9 Å². The maximum absolute atomic E-state index is 12.3. The van der Waals surface area contributed by atoms with Gasteiger partial charge < -0.3 is 4.98 Å². The van der Waals surface area contributed by atoms with Gasteiger partial charge in [0.15, 0.2) is 0 Å². The van der Waals surface area contributed by atoms with Gasteiger partial charge >= 0.3 is 6.18 Å². The topological polar surface area (TPSA) is 71.8 Å². The van der Waals surface area contributed by atoms with Gasteiger partial charge in [-0.15, -0.1) is 0 Å². The van der Waals surface area contributed by atoms with Crippen molar-refractivity contribution in [2.45, 2.75) is 6.18 Å². The van der Waals surface area contributed by atoms with E-state index in [9.17, 15) is 23.3 Å². The summed E-state index contributed by atoms with van der Waals surface area (Å²) in [4.78, 5) is 15.6. The number of hydrogen-bond donors (Lipinski definition) is 1. The second-order valence-corrected chi connectivity index (χ2v) is 3.05. The Balaban J connectivity index is 2.68. The standard InChI is InChI=1S/C8H4F3N3O2/c9-8(10,11)4-1-5-6(14(15)16)3-13-7(5)12-2-4/h1-3H,(H,12,13). The Kier molecular flexibility index (Phi) is 2.07. The molecule has 2 aromatic heterocycles. The zero-order chi connectivity index (χ0) is 11.9. The van der Waals surface area contributed by atoms with Crippen LogP contribution in [0.25, 0.3) is 11.0 Å². The van der Waals surface area contributed by atoms with Crippen LogP contribution in [0.15, 0.2) is 18.5 Å². The Morgan fingerprint density at radius 1 is 1.44 bits per heavy atom. The van der Waals surface area contributed by atoms with Crippen LogP contribution in [0, 0.1) is 10.1 Å². The fourth-order valence-electron chi connectivity index (χ4n) is 1.30. The normalized spacial score (nSPS) is 11.9. The van der Waals surface area contributed by atoms with Crippen molar-refractivity contribution < 1.29 is 18.1 Å². The average molecular weight is 231 g/mol. The molecule has 5 nitrogen and oxygen atoms in total. The third-order valence-electron chi connectivity index (χ3n) is 2.03. The first-order chi connectivity index (χ1) is 7.39. The second-order valence-electron chi connectivity index (χ2n) is 3.05. The quantitative estimate of drug-likeness (QED) is 0.605. The first kappa shape index (κ1) is 10.4. The highest BCUT2D eigenvalue weighted by atomic mass is 19.4. The first-order valence-corrected chi connectivity index (χ1v) is 4.08. The van der Waals surface area contributed by atoms with Crippen LogP contribution in [0.3, 0.4) is 0 Å². The lowest BCUT2D eigenvalue weighted by Gasteiger charge is -2.04. The molecule has 2 heterocycles. The van der Waals surface area contributed by atoms with Gasteiger partial charge in [0.2, 0.25) is 0 Å². The molecule has 0 aromatic carbocycles. The number of fused-ring (bicyclic) bond motifs is 1. The largest absolute Gasteiger partial charge is 0.417 e. The molecule has 0 radical (unpaired) electrons. The van der Waals surface area contributed by atoms with E-state index in [1.54, 1.807) is 0 Å². The van der Waals surface area contributed by atoms with Gasteiger partial charge in [0.1, 0.15) is 5.65 Å². The smallest absolute Gasteiger partial charge is 0.340 e. The molecular formula is C8H4F3N3O2. The highest BCUT2D eigenvalue weighted by Crippen LogP contribution is 2.32. The molecule has 8 heteroatoms. The molecule has 0 aliphatic heterocycles. The molecule has 0 fully saturated rings. The number of hydrogen-bond acceptors (Lipinski definition) is 3. The van der Waals surface area contributed by atoms with Gasteiger partial charge in [-0.1, -0.05) is 0 Å². The SMILES string of the molecule is O=[N+]([O-])c1c[nH]c2ncc(C(F)(F)F)cc12. The Morgan fingerprint density at radius 2 is 2.12 bits per heavy atom. The average Bonchev–Trinajstić information content (AvgIpc) is 2.58. The first-order valence-electron chi connectivity index (χ1n) is 4.08. The van der Waals surface area contributed by atoms with Crippen molar-refractivity contribution >= 4 is 16.7 Å². The number of nitrogens with zero attached hydrogens (tertiary/aromatic N) is 2. The zero-order valence-corrected chi connectivity index (χ0v) is 7.58. The van der Waals surface area contributed by atoms with E-state index in [0.29, 0.717) is 12.3 Å². The van der Waals surface area contributed by atoms with E-state index in [1.807, 2.05) is 0 Å². The number of alkyl halides is 3. The highest BCUT2D eigenvalue weighted by molar-refractivity contribution is 5.86. The van der Waals surface area contributed by atoms with Crippen LogP contribution in [0.1, 0.15) is 5.56 Å². The third kappa shape index (κ3) is 1.58. The summed E-state index contributed by atoms with van der Waals surface area (Å²) in [6.45, 7) is 0. The van der Waals surface area contributed by atoms with E-state index in [-0.39, 0.29) is 11.0 Å². The van der Waals surface area contributed by atoms with Gasteiger partial charge in [0.25, 0.3) is 5.69 Å². The summed E-state index contributed by atoms with van der Waals surface area (Å²) in [6.07, 6.45) is -2.92. The van der Waals surface area contributed by atoms with Gasteiger partial charge in [-0.3, -0.25) is 10.1 Å². The Hall–Kier alpha value is -2.12. The van der Waals surface area contributed by atoms with Crippen molar-refractivity contribution in [3.05, 3.63) is 34.1 Å². The van der Waals surface area contributed by atoms with Crippen molar-refractivity contribution in [1.29, 1.82) is 0 Å². The number of aromatic amines is 1. The Labute approximate surface area is 86.1 Å². The van der Waals surface area contributed by atoms with E-state index in [1.165, 1.54) is 0 Å². The lowest BCUT2D eigenvalue weighted by atomic mass is 10.2. The maximum atomic E-state index is 12.3. The lowest BCUT2D eigenvalue weighted by molar-refractivity contribution is -0.383. The van der Waals surface area contributed by atoms with Gasteiger partial charge in [0.05, 0.1) is 22.1 Å². The number of nitro groups is 1. The summed E-state index contributed by atoms with van der Waals surface area (Å²) >= 11 is 0. The molecule has 0 aliphatic carbocycles. The number of rotatable bonds is 1. The molecule has 0 unspecified atom stereocenters. The van der Waals surface area contributed by atoms with Crippen molar-refractivity contribution in [2.75, 3.05) is 0 Å². The molecule has 0 saturated carbocycles. The van der Waals surface area contributed by atoms with E-state index >= 15 is 0 Å². The van der Waals surface area contributed by atoms with E-state index in [4.69, 9.17) is 0 Å². The fourth-order valence-corrected chi connectivity index (χ4v) is 1.30. The van der Waals surface area contributed by atoms with Crippen LogP contribution in [0.4, 0.5) is 18.9 Å². The molecule has 2 aromatic rings. The molecule has 0 saturated heterocycles. The molecule has 0 bridgehead atoms. The Bertz CT molecular complexity index is 561. The van der Waals surface area contributed by atoms with Crippen LogP contribution in [0.2, 0.25) is 0 Å². The Morgan fingerprint density at radius 3 is 2.69 bits per heavy atom. The predicted molar refractivity (Wildman–Crippen MR) is 47.8 cm³/mol. The van der Waals surface area contributed by atoms with E-state index < -0.39 is 22.4 Å². The minimum atomic E-state index is -4.56. The van der Waals surface area contributed by atoms with Crippen LogP contribution in [0.5, 0.6) is 0 Å². The van der Waals surface area contributed by atoms with Crippen LogP contribution < -0.4 is 0 Å². The summed E-state index contributed by atoms with van der Waals surface area (Å²) in [5, 5.41) is 10.4. The minimum absolute atomic E-state index is 0.0553. The minimum Gasteiger partial charge on any atom is -0.340 e. The van der Waals surface area contributed by atoms with Crippen molar-refractivity contribution in [2.24, 2.45) is 0 Å².